The Hall–Kier alpha value is -1.42. The molecule has 1 rings (SSSR count). The molecule has 0 saturated heterocycles. The molecule has 0 aliphatic rings. The number of hydrogen-bond donors (Lipinski definition) is 2. The molecule has 3 N–H and O–H groups in total. The predicted molar refractivity (Wildman–Crippen MR) is 54.9 cm³/mol. The molecular formula is C11H14FNO2. The molecule has 0 bridgehead atoms. The Morgan fingerprint density at radius 2 is 2.27 bits per heavy atom. The van der Waals surface area contributed by atoms with Crippen molar-refractivity contribution in [3.63, 3.8) is 0 Å². The van der Waals surface area contributed by atoms with Crippen molar-refractivity contribution in [1.29, 1.82) is 0 Å². The van der Waals surface area contributed by atoms with Gasteiger partial charge in [-0.1, -0.05) is 18.2 Å². The molecule has 0 spiro atoms. The van der Waals surface area contributed by atoms with Crippen molar-refractivity contribution in [1.82, 2.24) is 0 Å². The van der Waals surface area contributed by atoms with Crippen LogP contribution in [-0.4, -0.2) is 11.1 Å². The number of halogens is 1. The first kappa shape index (κ1) is 11.7. The lowest BCUT2D eigenvalue weighted by Gasteiger charge is -2.12. The van der Waals surface area contributed by atoms with Gasteiger partial charge in [-0.3, -0.25) is 4.79 Å². The zero-order valence-electron chi connectivity index (χ0n) is 8.53. The molecule has 1 aromatic rings. The third-order valence-electron chi connectivity index (χ3n) is 2.29. The van der Waals surface area contributed by atoms with E-state index in [9.17, 15) is 9.18 Å². The van der Waals surface area contributed by atoms with E-state index in [1.165, 1.54) is 0 Å². The topological polar surface area (TPSA) is 63.3 Å². The molecule has 0 heterocycles. The van der Waals surface area contributed by atoms with E-state index in [-0.39, 0.29) is 18.7 Å². The van der Waals surface area contributed by atoms with Crippen LogP contribution >= 0.6 is 0 Å². The number of benzene rings is 1. The second kappa shape index (κ2) is 4.89. The van der Waals surface area contributed by atoms with Crippen molar-refractivity contribution < 1.29 is 14.3 Å². The minimum absolute atomic E-state index is 0.0471. The molecule has 0 aromatic heterocycles. The number of aliphatic carboxylic acids is 1. The van der Waals surface area contributed by atoms with Crippen molar-refractivity contribution >= 4 is 5.97 Å². The van der Waals surface area contributed by atoms with Gasteiger partial charge in [0.25, 0.3) is 0 Å². The SMILES string of the molecule is Cc1cccc(C(N)CCC(=O)O)c1F. The maximum absolute atomic E-state index is 13.5. The number of hydrogen-bond acceptors (Lipinski definition) is 2. The first-order valence-electron chi connectivity index (χ1n) is 4.74. The van der Waals surface area contributed by atoms with E-state index in [1.54, 1.807) is 25.1 Å². The lowest BCUT2D eigenvalue weighted by Crippen LogP contribution is -2.14. The normalized spacial score (nSPS) is 12.5. The highest BCUT2D eigenvalue weighted by Crippen LogP contribution is 2.21. The standard InChI is InChI=1S/C11H14FNO2/c1-7-3-2-4-8(11(7)12)9(13)5-6-10(14)15/h2-4,9H,5-6,13H2,1H3,(H,14,15). The molecule has 1 unspecified atom stereocenters. The Morgan fingerprint density at radius 1 is 1.60 bits per heavy atom. The van der Waals surface area contributed by atoms with Gasteiger partial charge in [0.1, 0.15) is 5.82 Å². The van der Waals surface area contributed by atoms with E-state index in [2.05, 4.69) is 0 Å². The first-order valence-corrected chi connectivity index (χ1v) is 4.74. The van der Waals surface area contributed by atoms with Crippen LogP contribution in [0.25, 0.3) is 0 Å². The van der Waals surface area contributed by atoms with E-state index in [0.717, 1.165) is 0 Å². The fourth-order valence-electron chi connectivity index (χ4n) is 1.39. The van der Waals surface area contributed by atoms with Gasteiger partial charge in [0.15, 0.2) is 0 Å². The maximum atomic E-state index is 13.5. The average molecular weight is 211 g/mol. The van der Waals surface area contributed by atoms with Crippen molar-refractivity contribution in [2.75, 3.05) is 0 Å². The monoisotopic (exact) mass is 211 g/mol. The average Bonchev–Trinajstić information content (AvgIpc) is 2.18. The number of carboxylic acids is 1. The van der Waals surface area contributed by atoms with Gasteiger partial charge in [-0.05, 0) is 18.9 Å². The van der Waals surface area contributed by atoms with Gasteiger partial charge < -0.3 is 10.8 Å². The van der Waals surface area contributed by atoms with Gasteiger partial charge in [0.05, 0.1) is 0 Å². The third-order valence-corrected chi connectivity index (χ3v) is 2.29. The van der Waals surface area contributed by atoms with Crippen LogP contribution in [0.3, 0.4) is 0 Å². The number of nitrogens with two attached hydrogens (primary N) is 1. The van der Waals surface area contributed by atoms with Gasteiger partial charge in [-0.15, -0.1) is 0 Å². The fraction of sp³-hybridized carbons (Fsp3) is 0.364. The van der Waals surface area contributed by atoms with Gasteiger partial charge in [-0.25, -0.2) is 4.39 Å². The summed E-state index contributed by atoms with van der Waals surface area (Å²) in [6.07, 6.45) is 0.199. The molecule has 0 radical (unpaired) electrons. The molecule has 15 heavy (non-hydrogen) atoms. The smallest absolute Gasteiger partial charge is 0.303 e. The van der Waals surface area contributed by atoms with E-state index >= 15 is 0 Å². The van der Waals surface area contributed by atoms with E-state index in [4.69, 9.17) is 10.8 Å². The van der Waals surface area contributed by atoms with Gasteiger partial charge >= 0.3 is 5.97 Å². The minimum atomic E-state index is -0.918. The molecule has 1 atom stereocenters. The summed E-state index contributed by atoms with van der Waals surface area (Å²) in [6.45, 7) is 1.66. The van der Waals surface area contributed by atoms with E-state index in [0.29, 0.717) is 11.1 Å². The van der Waals surface area contributed by atoms with E-state index < -0.39 is 12.0 Å². The molecule has 4 heteroatoms. The zero-order chi connectivity index (χ0) is 11.4. The Morgan fingerprint density at radius 3 is 2.87 bits per heavy atom. The van der Waals surface area contributed by atoms with Crippen molar-refractivity contribution in [3.8, 4) is 0 Å². The molecule has 1 aromatic carbocycles. The van der Waals surface area contributed by atoms with Crippen LogP contribution in [0.4, 0.5) is 4.39 Å². The van der Waals surface area contributed by atoms with Gasteiger partial charge in [-0.2, -0.15) is 0 Å². The first-order chi connectivity index (χ1) is 7.02. The minimum Gasteiger partial charge on any atom is -0.481 e. The second-order valence-corrected chi connectivity index (χ2v) is 3.52. The van der Waals surface area contributed by atoms with Gasteiger partial charge in [0, 0.05) is 18.0 Å². The van der Waals surface area contributed by atoms with Crippen LogP contribution in [0.5, 0.6) is 0 Å². The molecule has 0 aliphatic heterocycles. The predicted octanol–water partition coefficient (Wildman–Crippen LogP) is 2.00. The summed E-state index contributed by atoms with van der Waals surface area (Å²) in [7, 11) is 0. The van der Waals surface area contributed by atoms with Crippen LogP contribution in [-0.2, 0) is 4.79 Å². The lowest BCUT2D eigenvalue weighted by molar-refractivity contribution is -0.137. The Bertz CT molecular complexity index is 366. The highest BCUT2D eigenvalue weighted by atomic mass is 19.1. The summed E-state index contributed by atoms with van der Waals surface area (Å²) >= 11 is 0. The highest BCUT2D eigenvalue weighted by molar-refractivity contribution is 5.66. The lowest BCUT2D eigenvalue weighted by atomic mass is 10.0. The largest absolute Gasteiger partial charge is 0.481 e. The molecule has 3 nitrogen and oxygen atoms in total. The van der Waals surface area contributed by atoms with E-state index in [1.807, 2.05) is 0 Å². The summed E-state index contributed by atoms with van der Waals surface area (Å²) in [5.41, 5.74) is 6.62. The van der Waals surface area contributed by atoms with Crippen LogP contribution in [0, 0.1) is 12.7 Å². The fourth-order valence-corrected chi connectivity index (χ4v) is 1.39. The second-order valence-electron chi connectivity index (χ2n) is 3.52. The summed E-state index contributed by atoms with van der Waals surface area (Å²) < 4.78 is 13.5. The van der Waals surface area contributed by atoms with Crippen molar-refractivity contribution in [3.05, 3.63) is 35.1 Å². The Balaban J connectivity index is 2.77. The summed E-state index contributed by atoms with van der Waals surface area (Å²) in [5.74, 6) is -1.26. The summed E-state index contributed by atoms with van der Waals surface area (Å²) in [5, 5.41) is 8.48. The maximum Gasteiger partial charge on any atom is 0.303 e. The van der Waals surface area contributed by atoms with Crippen molar-refractivity contribution in [2.45, 2.75) is 25.8 Å². The number of carboxylic acid groups (broad SMARTS) is 1. The number of carbonyl (C=O) groups is 1. The van der Waals surface area contributed by atoms with Crippen LogP contribution < -0.4 is 5.73 Å². The zero-order valence-corrected chi connectivity index (χ0v) is 8.53. The number of rotatable bonds is 4. The molecule has 0 fully saturated rings. The Kier molecular flexibility index (Phi) is 3.80. The number of aryl methyl sites for hydroxylation is 1. The van der Waals surface area contributed by atoms with Crippen LogP contribution in [0.1, 0.15) is 30.0 Å². The third kappa shape index (κ3) is 3.02. The van der Waals surface area contributed by atoms with Crippen molar-refractivity contribution in [2.24, 2.45) is 5.73 Å². The Labute approximate surface area is 87.7 Å². The van der Waals surface area contributed by atoms with Crippen LogP contribution in [0.15, 0.2) is 18.2 Å². The quantitative estimate of drug-likeness (QED) is 0.800. The molecule has 82 valence electrons. The summed E-state index contributed by atoms with van der Waals surface area (Å²) in [4.78, 5) is 10.3. The highest BCUT2D eigenvalue weighted by Gasteiger charge is 2.13. The molecule has 0 amide bonds. The molecule has 0 aliphatic carbocycles. The van der Waals surface area contributed by atoms with Gasteiger partial charge in [0.2, 0.25) is 0 Å². The molecule has 0 saturated carbocycles. The molecular weight excluding hydrogens is 197 g/mol. The summed E-state index contributed by atoms with van der Waals surface area (Å²) in [6, 6.07) is 4.41. The van der Waals surface area contributed by atoms with Crippen LogP contribution in [0.2, 0.25) is 0 Å².